The molecule has 0 unspecified atom stereocenters. The van der Waals surface area contributed by atoms with Crippen LogP contribution in [0.1, 0.15) is 19.8 Å². The molecule has 1 aliphatic heterocycles. The van der Waals surface area contributed by atoms with E-state index in [1.54, 1.807) is 21.1 Å². The van der Waals surface area contributed by atoms with E-state index in [0.717, 1.165) is 25.9 Å². The molecule has 2 rings (SSSR count). The van der Waals surface area contributed by atoms with E-state index >= 15 is 0 Å². The van der Waals surface area contributed by atoms with Crippen LogP contribution < -0.4 is 14.2 Å². The number of piperidine rings is 1. The van der Waals surface area contributed by atoms with Gasteiger partial charge in [-0.1, -0.05) is 6.07 Å². The van der Waals surface area contributed by atoms with Gasteiger partial charge in [0, 0.05) is 20.0 Å². The molecule has 0 aromatic heterocycles. The van der Waals surface area contributed by atoms with E-state index in [1.807, 2.05) is 23.1 Å². The van der Waals surface area contributed by atoms with Crippen molar-refractivity contribution in [3.8, 4) is 17.2 Å². The molecule has 0 saturated carbocycles. The fourth-order valence-electron chi connectivity index (χ4n) is 2.66. The second kappa shape index (κ2) is 8.62. The fraction of sp³-hybridized carbons (Fsp3) is 0.588. The molecular weight excluding hydrogens is 298 g/mol. The SMILES string of the molecule is COc1cccc(OC)c1OCCOC1CCN(C(C)=O)CC1. The maximum atomic E-state index is 11.3. The topological polar surface area (TPSA) is 57.2 Å². The maximum Gasteiger partial charge on any atom is 0.219 e. The van der Waals surface area contributed by atoms with Crippen molar-refractivity contribution in [3.63, 3.8) is 0 Å². The Hall–Kier alpha value is -1.95. The van der Waals surface area contributed by atoms with Gasteiger partial charge >= 0.3 is 0 Å². The van der Waals surface area contributed by atoms with Crippen molar-refractivity contribution in [2.24, 2.45) is 0 Å². The lowest BCUT2D eigenvalue weighted by Gasteiger charge is -2.31. The molecule has 0 bridgehead atoms. The Morgan fingerprint density at radius 2 is 1.74 bits per heavy atom. The minimum absolute atomic E-state index is 0.134. The molecule has 0 radical (unpaired) electrons. The van der Waals surface area contributed by atoms with E-state index in [4.69, 9.17) is 18.9 Å². The van der Waals surface area contributed by atoms with Gasteiger partial charge in [-0.25, -0.2) is 0 Å². The first-order chi connectivity index (χ1) is 11.2. The van der Waals surface area contributed by atoms with Crippen LogP contribution in [0.15, 0.2) is 18.2 Å². The minimum atomic E-state index is 0.134. The second-order valence-electron chi connectivity index (χ2n) is 5.42. The lowest BCUT2D eigenvalue weighted by atomic mass is 10.1. The van der Waals surface area contributed by atoms with Gasteiger partial charge in [0.1, 0.15) is 6.61 Å². The summed E-state index contributed by atoms with van der Waals surface area (Å²) < 4.78 is 22.2. The largest absolute Gasteiger partial charge is 0.493 e. The standard InChI is InChI=1S/C17H25NO5/c1-13(19)18-9-7-14(8-10-18)22-11-12-23-17-15(20-2)5-4-6-16(17)21-3/h4-6,14H,7-12H2,1-3H3. The van der Waals surface area contributed by atoms with Crippen molar-refractivity contribution in [1.29, 1.82) is 0 Å². The number of amides is 1. The monoisotopic (exact) mass is 323 g/mol. The fourth-order valence-corrected chi connectivity index (χ4v) is 2.66. The maximum absolute atomic E-state index is 11.3. The molecule has 1 aromatic rings. The van der Waals surface area contributed by atoms with E-state index in [-0.39, 0.29) is 12.0 Å². The van der Waals surface area contributed by atoms with Gasteiger partial charge in [-0.15, -0.1) is 0 Å². The third-order valence-corrected chi connectivity index (χ3v) is 3.95. The molecule has 1 aromatic carbocycles. The number of benzene rings is 1. The normalized spacial score (nSPS) is 15.3. The zero-order chi connectivity index (χ0) is 16.7. The first kappa shape index (κ1) is 17.4. The average molecular weight is 323 g/mol. The van der Waals surface area contributed by atoms with Crippen LogP contribution in [0.2, 0.25) is 0 Å². The lowest BCUT2D eigenvalue weighted by molar-refractivity contribution is -0.131. The van der Waals surface area contributed by atoms with Crippen LogP contribution in [-0.4, -0.2) is 57.4 Å². The van der Waals surface area contributed by atoms with Crippen LogP contribution in [0.3, 0.4) is 0 Å². The summed E-state index contributed by atoms with van der Waals surface area (Å²) in [7, 11) is 3.20. The molecule has 6 heteroatoms. The summed E-state index contributed by atoms with van der Waals surface area (Å²) in [6.45, 7) is 4.05. The third-order valence-electron chi connectivity index (χ3n) is 3.95. The first-order valence-corrected chi connectivity index (χ1v) is 7.86. The van der Waals surface area contributed by atoms with Crippen molar-refractivity contribution in [3.05, 3.63) is 18.2 Å². The Balaban J connectivity index is 1.75. The number of para-hydroxylation sites is 1. The predicted octanol–water partition coefficient (Wildman–Crippen LogP) is 2.11. The average Bonchev–Trinajstić information content (AvgIpc) is 2.58. The summed E-state index contributed by atoms with van der Waals surface area (Å²) >= 11 is 0. The van der Waals surface area contributed by atoms with Crippen LogP contribution in [0.25, 0.3) is 0 Å². The van der Waals surface area contributed by atoms with Crippen LogP contribution in [0.5, 0.6) is 17.2 Å². The van der Waals surface area contributed by atoms with Crippen molar-refractivity contribution in [2.45, 2.75) is 25.9 Å². The van der Waals surface area contributed by atoms with Crippen LogP contribution >= 0.6 is 0 Å². The van der Waals surface area contributed by atoms with Gasteiger partial charge in [-0.05, 0) is 25.0 Å². The number of carbonyl (C=O) groups excluding carboxylic acids is 1. The number of ether oxygens (including phenoxy) is 4. The van der Waals surface area contributed by atoms with Crippen LogP contribution in [0.4, 0.5) is 0 Å². The summed E-state index contributed by atoms with van der Waals surface area (Å²) in [6, 6.07) is 5.51. The quantitative estimate of drug-likeness (QED) is 0.719. The summed E-state index contributed by atoms with van der Waals surface area (Å²) in [5, 5.41) is 0. The highest BCUT2D eigenvalue weighted by Gasteiger charge is 2.21. The van der Waals surface area contributed by atoms with E-state index < -0.39 is 0 Å². The Morgan fingerprint density at radius 3 is 2.26 bits per heavy atom. The molecule has 0 aliphatic carbocycles. The predicted molar refractivity (Wildman–Crippen MR) is 86.3 cm³/mol. The highest BCUT2D eigenvalue weighted by atomic mass is 16.6. The molecule has 0 spiro atoms. The second-order valence-corrected chi connectivity index (χ2v) is 5.42. The van der Waals surface area contributed by atoms with Crippen LogP contribution in [0, 0.1) is 0 Å². The number of methoxy groups -OCH3 is 2. The highest BCUT2D eigenvalue weighted by molar-refractivity contribution is 5.73. The van der Waals surface area contributed by atoms with Crippen molar-refractivity contribution >= 4 is 5.91 Å². The van der Waals surface area contributed by atoms with Gasteiger partial charge < -0.3 is 23.8 Å². The minimum Gasteiger partial charge on any atom is -0.493 e. The molecule has 0 N–H and O–H groups in total. The summed E-state index contributed by atoms with van der Waals surface area (Å²) in [6.07, 6.45) is 1.93. The van der Waals surface area contributed by atoms with Gasteiger partial charge in [0.2, 0.25) is 11.7 Å². The molecule has 1 saturated heterocycles. The van der Waals surface area contributed by atoms with E-state index in [0.29, 0.717) is 30.5 Å². The van der Waals surface area contributed by atoms with E-state index in [1.165, 1.54) is 0 Å². The number of likely N-dealkylation sites (tertiary alicyclic amines) is 1. The van der Waals surface area contributed by atoms with Gasteiger partial charge in [-0.2, -0.15) is 0 Å². The summed E-state index contributed by atoms with van der Waals surface area (Å²) in [5.41, 5.74) is 0. The molecule has 1 fully saturated rings. The van der Waals surface area contributed by atoms with Crippen LogP contribution in [-0.2, 0) is 9.53 Å². The number of hydrogen-bond donors (Lipinski definition) is 0. The highest BCUT2D eigenvalue weighted by Crippen LogP contribution is 2.36. The van der Waals surface area contributed by atoms with Crippen molar-refractivity contribution in [2.75, 3.05) is 40.5 Å². The zero-order valence-electron chi connectivity index (χ0n) is 14.0. The number of carbonyl (C=O) groups is 1. The Morgan fingerprint density at radius 1 is 1.13 bits per heavy atom. The molecular formula is C17H25NO5. The van der Waals surface area contributed by atoms with Crippen molar-refractivity contribution < 1.29 is 23.7 Å². The summed E-state index contributed by atoms with van der Waals surface area (Å²) in [4.78, 5) is 13.1. The lowest BCUT2D eigenvalue weighted by Crippen LogP contribution is -2.40. The van der Waals surface area contributed by atoms with E-state index in [9.17, 15) is 4.79 Å². The smallest absolute Gasteiger partial charge is 0.219 e. The molecule has 1 amide bonds. The third kappa shape index (κ3) is 4.76. The molecule has 1 heterocycles. The Kier molecular flexibility index (Phi) is 6.52. The number of rotatable bonds is 7. The number of nitrogens with zero attached hydrogens (tertiary/aromatic N) is 1. The Bertz CT molecular complexity index is 489. The van der Waals surface area contributed by atoms with Gasteiger partial charge in [-0.3, -0.25) is 4.79 Å². The Labute approximate surface area is 137 Å². The van der Waals surface area contributed by atoms with Gasteiger partial charge in [0.15, 0.2) is 11.5 Å². The van der Waals surface area contributed by atoms with Gasteiger partial charge in [0.25, 0.3) is 0 Å². The number of hydrogen-bond acceptors (Lipinski definition) is 5. The molecule has 1 aliphatic rings. The summed E-state index contributed by atoms with van der Waals surface area (Å²) in [5.74, 6) is 2.00. The van der Waals surface area contributed by atoms with Crippen molar-refractivity contribution in [1.82, 2.24) is 4.90 Å². The molecule has 128 valence electrons. The molecule has 6 nitrogen and oxygen atoms in total. The van der Waals surface area contributed by atoms with Gasteiger partial charge in [0.05, 0.1) is 26.9 Å². The van der Waals surface area contributed by atoms with E-state index in [2.05, 4.69) is 0 Å². The zero-order valence-corrected chi connectivity index (χ0v) is 14.0. The first-order valence-electron chi connectivity index (χ1n) is 7.86. The molecule has 23 heavy (non-hydrogen) atoms. The molecule has 0 atom stereocenters.